The molecule has 90 valence electrons. The van der Waals surface area contributed by atoms with Crippen molar-refractivity contribution in [3.63, 3.8) is 0 Å². The van der Waals surface area contributed by atoms with Crippen LogP contribution in [0.5, 0.6) is 0 Å². The van der Waals surface area contributed by atoms with Gasteiger partial charge in [0.1, 0.15) is 0 Å². The van der Waals surface area contributed by atoms with Crippen LogP contribution in [0, 0.1) is 3.57 Å². The van der Waals surface area contributed by atoms with Crippen molar-refractivity contribution in [3.05, 3.63) is 39.7 Å². The molecule has 1 aromatic carbocycles. The van der Waals surface area contributed by atoms with Crippen LogP contribution in [-0.4, -0.2) is 21.5 Å². The van der Waals surface area contributed by atoms with Gasteiger partial charge in [0.05, 0.1) is 17.6 Å². The predicted molar refractivity (Wildman–Crippen MR) is 76.1 cm³/mol. The van der Waals surface area contributed by atoms with Crippen molar-refractivity contribution >= 4 is 22.6 Å². The molecular formula is C12H15IN4. The summed E-state index contributed by atoms with van der Waals surface area (Å²) < 4.78 is 3.03. The third kappa shape index (κ3) is 3.50. The number of hydrogen-bond acceptors (Lipinski definition) is 3. The molecule has 1 heterocycles. The Kier molecular flexibility index (Phi) is 4.49. The van der Waals surface area contributed by atoms with Crippen LogP contribution < -0.4 is 5.73 Å². The van der Waals surface area contributed by atoms with Crippen LogP contribution in [0.3, 0.4) is 0 Å². The minimum absolute atomic E-state index is 0.741. The van der Waals surface area contributed by atoms with E-state index in [0.717, 1.165) is 37.2 Å². The van der Waals surface area contributed by atoms with Crippen molar-refractivity contribution in [2.45, 2.75) is 19.3 Å². The molecule has 0 fully saturated rings. The molecule has 0 saturated carbocycles. The lowest BCUT2D eigenvalue weighted by atomic mass is 10.2. The maximum absolute atomic E-state index is 5.46. The van der Waals surface area contributed by atoms with Crippen LogP contribution in [0.25, 0.3) is 5.69 Å². The summed E-state index contributed by atoms with van der Waals surface area (Å²) in [7, 11) is 0. The quantitative estimate of drug-likeness (QED) is 0.669. The third-order valence-electron chi connectivity index (χ3n) is 2.52. The van der Waals surface area contributed by atoms with Gasteiger partial charge in [-0.05, 0) is 72.7 Å². The summed E-state index contributed by atoms with van der Waals surface area (Å²) >= 11 is 2.29. The highest BCUT2D eigenvalue weighted by Crippen LogP contribution is 2.11. The van der Waals surface area contributed by atoms with Crippen LogP contribution in [-0.2, 0) is 6.42 Å². The standard InChI is InChI=1S/C12H15IN4/c13-10-4-6-12(7-5-10)17-9-11(15-16-17)3-1-2-8-14/h4-7,9H,1-3,8,14H2. The molecule has 0 aliphatic rings. The minimum Gasteiger partial charge on any atom is -0.330 e. The maximum Gasteiger partial charge on any atom is 0.0831 e. The van der Waals surface area contributed by atoms with Gasteiger partial charge in [0.25, 0.3) is 0 Å². The van der Waals surface area contributed by atoms with Gasteiger partial charge in [-0.2, -0.15) is 0 Å². The molecular weight excluding hydrogens is 327 g/mol. The fourth-order valence-electron chi connectivity index (χ4n) is 1.58. The predicted octanol–water partition coefficient (Wildman–Crippen LogP) is 2.15. The first-order valence-corrected chi connectivity index (χ1v) is 6.74. The maximum atomic E-state index is 5.46. The molecule has 17 heavy (non-hydrogen) atoms. The zero-order chi connectivity index (χ0) is 12.1. The Hall–Kier alpha value is -0.950. The Bertz CT molecular complexity index is 464. The first-order chi connectivity index (χ1) is 8.29. The minimum atomic E-state index is 0.741. The molecule has 0 unspecified atom stereocenters. The van der Waals surface area contributed by atoms with E-state index in [0.29, 0.717) is 0 Å². The Labute approximate surface area is 114 Å². The van der Waals surface area contributed by atoms with E-state index in [4.69, 9.17) is 5.73 Å². The van der Waals surface area contributed by atoms with Crippen LogP contribution in [0.1, 0.15) is 18.5 Å². The molecule has 0 spiro atoms. The number of aromatic nitrogens is 3. The Morgan fingerprint density at radius 1 is 1.18 bits per heavy atom. The molecule has 0 saturated heterocycles. The Balaban J connectivity index is 2.04. The summed E-state index contributed by atoms with van der Waals surface area (Å²) in [6.07, 6.45) is 5.04. The van der Waals surface area contributed by atoms with E-state index in [9.17, 15) is 0 Å². The largest absolute Gasteiger partial charge is 0.330 e. The summed E-state index contributed by atoms with van der Waals surface area (Å²) in [5.74, 6) is 0. The van der Waals surface area contributed by atoms with Crippen molar-refractivity contribution in [1.29, 1.82) is 0 Å². The molecule has 2 rings (SSSR count). The van der Waals surface area contributed by atoms with E-state index in [1.165, 1.54) is 3.57 Å². The molecule has 2 aromatic rings. The van der Waals surface area contributed by atoms with E-state index >= 15 is 0 Å². The zero-order valence-corrected chi connectivity index (χ0v) is 11.7. The highest BCUT2D eigenvalue weighted by molar-refractivity contribution is 14.1. The van der Waals surface area contributed by atoms with Crippen LogP contribution >= 0.6 is 22.6 Å². The van der Waals surface area contributed by atoms with Gasteiger partial charge in [-0.3, -0.25) is 0 Å². The van der Waals surface area contributed by atoms with E-state index in [-0.39, 0.29) is 0 Å². The average molecular weight is 342 g/mol. The molecule has 0 amide bonds. The van der Waals surface area contributed by atoms with Gasteiger partial charge in [-0.25, -0.2) is 4.68 Å². The summed E-state index contributed by atoms with van der Waals surface area (Å²) in [6, 6.07) is 8.21. The number of hydrogen-bond donors (Lipinski definition) is 1. The highest BCUT2D eigenvalue weighted by Gasteiger charge is 2.02. The molecule has 0 aliphatic carbocycles. The molecule has 1 aromatic heterocycles. The van der Waals surface area contributed by atoms with Gasteiger partial charge in [-0.15, -0.1) is 5.10 Å². The van der Waals surface area contributed by atoms with E-state index in [2.05, 4.69) is 45.0 Å². The number of benzene rings is 1. The second-order valence-electron chi connectivity index (χ2n) is 3.88. The summed E-state index contributed by atoms with van der Waals surface area (Å²) in [4.78, 5) is 0. The monoisotopic (exact) mass is 342 g/mol. The molecule has 2 N–H and O–H groups in total. The lowest BCUT2D eigenvalue weighted by Crippen LogP contribution is -1.99. The van der Waals surface area contributed by atoms with Crippen molar-refractivity contribution in [2.75, 3.05) is 6.54 Å². The summed E-state index contributed by atoms with van der Waals surface area (Å²) in [5, 5.41) is 8.28. The van der Waals surface area contributed by atoms with Gasteiger partial charge in [0.2, 0.25) is 0 Å². The van der Waals surface area contributed by atoms with Crippen LogP contribution in [0.15, 0.2) is 30.5 Å². The molecule has 0 atom stereocenters. The van der Waals surface area contributed by atoms with E-state index in [1.54, 1.807) is 0 Å². The SMILES string of the molecule is NCCCCc1cn(-c2ccc(I)cc2)nn1. The van der Waals surface area contributed by atoms with E-state index in [1.807, 2.05) is 23.0 Å². The number of halogens is 1. The van der Waals surface area contributed by atoms with Crippen molar-refractivity contribution < 1.29 is 0 Å². The fraction of sp³-hybridized carbons (Fsp3) is 0.333. The topological polar surface area (TPSA) is 56.7 Å². The average Bonchev–Trinajstić information content (AvgIpc) is 2.79. The van der Waals surface area contributed by atoms with Gasteiger partial charge < -0.3 is 5.73 Å². The smallest absolute Gasteiger partial charge is 0.0831 e. The summed E-state index contributed by atoms with van der Waals surface area (Å²) in [6.45, 7) is 0.741. The van der Waals surface area contributed by atoms with Gasteiger partial charge >= 0.3 is 0 Å². The number of nitrogens with zero attached hydrogens (tertiary/aromatic N) is 3. The molecule has 0 aliphatic heterocycles. The highest BCUT2D eigenvalue weighted by atomic mass is 127. The van der Waals surface area contributed by atoms with Crippen molar-refractivity contribution in [1.82, 2.24) is 15.0 Å². The number of aryl methyl sites for hydroxylation is 1. The Morgan fingerprint density at radius 3 is 2.65 bits per heavy atom. The van der Waals surface area contributed by atoms with E-state index < -0.39 is 0 Å². The van der Waals surface area contributed by atoms with Crippen molar-refractivity contribution in [3.8, 4) is 5.69 Å². The van der Waals surface area contributed by atoms with Crippen LogP contribution in [0.2, 0.25) is 0 Å². The third-order valence-corrected chi connectivity index (χ3v) is 3.24. The number of rotatable bonds is 5. The normalized spacial score (nSPS) is 10.7. The first-order valence-electron chi connectivity index (χ1n) is 5.67. The second kappa shape index (κ2) is 6.11. The van der Waals surface area contributed by atoms with Crippen LogP contribution in [0.4, 0.5) is 0 Å². The number of nitrogens with two attached hydrogens (primary N) is 1. The number of unbranched alkanes of at least 4 members (excludes halogenated alkanes) is 1. The van der Waals surface area contributed by atoms with Gasteiger partial charge in [-0.1, -0.05) is 5.21 Å². The summed E-state index contributed by atoms with van der Waals surface area (Å²) in [5.41, 5.74) is 7.53. The Morgan fingerprint density at radius 2 is 1.94 bits per heavy atom. The van der Waals surface area contributed by atoms with Gasteiger partial charge in [0, 0.05) is 3.57 Å². The second-order valence-corrected chi connectivity index (χ2v) is 5.12. The lowest BCUT2D eigenvalue weighted by molar-refractivity contribution is 0.727. The molecule has 5 heteroatoms. The molecule has 0 bridgehead atoms. The first kappa shape index (κ1) is 12.5. The van der Waals surface area contributed by atoms with Crippen molar-refractivity contribution in [2.24, 2.45) is 5.73 Å². The fourth-order valence-corrected chi connectivity index (χ4v) is 1.94. The zero-order valence-electron chi connectivity index (χ0n) is 9.51. The lowest BCUT2D eigenvalue weighted by Gasteiger charge is -1.99. The molecule has 0 radical (unpaired) electrons. The molecule has 4 nitrogen and oxygen atoms in total. The van der Waals surface area contributed by atoms with Gasteiger partial charge in [0.15, 0.2) is 0 Å².